The Kier molecular flexibility index (Phi) is 5.59. The summed E-state index contributed by atoms with van der Waals surface area (Å²) in [6, 6.07) is 29.6. The molecular weight excluding hydrogens is 396 g/mol. The predicted molar refractivity (Wildman–Crippen MR) is 132 cm³/mol. The zero-order valence-electron chi connectivity index (χ0n) is 18.6. The Balaban J connectivity index is 0.00000105. The molecule has 2 aliphatic rings. The minimum Gasteiger partial charge on any atom is -0.472 e. The van der Waals surface area contributed by atoms with Crippen molar-refractivity contribution in [2.75, 3.05) is 23.3 Å². The molecule has 2 aliphatic heterocycles. The lowest BCUT2D eigenvalue weighted by molar-refractivity contribution is 0.289. The van der Waals surface area contributed by atoms with E-state index in [1.165, 1.54) is 22.5 Å². The van der Waals surface area contributed by atoms with Gasteiger partial charge in [-0.25, -0.2) is 0 Å². The van der Waals surface area contributed by atoms with E-state index in [0.717, 1.165) is 35.4 Å². The van der Waals surface area contributed by atoms with Crippen molar-refractivity contribution >= 4 is 22.1 Å². The summed E-state index contributed by atoms with van der Waals surface area (Å²) < 4.78 is 12.5. The number of nitrogens with zero attached hydrogens (tertiary/aromatic N) is 2. The van der Waals surface area contributed by atoms with Crippen LogP contribution in [-0.2, 0) is 13.1 Å². The third-order valence-corrected chi connectivity index (χ3v) is 5.96. The van der Waals surface area contributed by atoms with Gasteiger partial charge in [0, 0.05) is 46.4 Å². The van der Waals surface area contributed by atoms with Gasteiger partial charge in [0.1, 0.15) is 11.5 Å². The van der Waals surface area contributed by atoms with Gasteiger partial charge < -0.3 is 19.3 Å². The van der Waals surface area contributed by atoms with Crippen molar-refractivity contribution in [3.8, 4) is 11.5 Å². The number of hydrogen-bond acceptors (Lipinski definition) is 4. The Bertz CT molecular complexity index is 1110. The molecule has 0 fully saturated rings. The first-order valence-corrected chi connectivity index (χ1v) is 11.3. The molecule has 0 bridgehead atoms. The first-order valence-electron chi connectivity index (χ1n) is 11.3. The number of ether oxygens (including phenoxy) is 2. The SMILES string of the molecule is CC.c1ccc(N2COc3c(ccc4c5c(ccc34)CN(c3ccccc3)CO5)C2)cc1. The first-order chi connectivity index (χ1) is 15.9. The van der Waals surface area contributed by atoms with E-state index >= 15 is 0 Å². The molecule has 4 heteroatoms. The fourth-order valence-corrected chi connectivity index (χ4v) is 4.43. The van der Waals surface area contributed by atoms with Crippen molar-refractivity contribution < 1.29 is 9.47 Å². The molecule has 0 amide bonds. The Morgan fingerprint density at radius 3 is 1.34 bits per heavy atom. The topological polar surface area (TPSA) is 24.9 Å². The van der Waals surface area contributed by atoms with Gasteiger partial charge >= 0.3 is 0 Å². The van der Waals surface area contributed by atoms with Crippen molar-refractivity contribution in [3.05, 3.63) is 96.1 Å². The van der Waals surface area contributed by atoms with E-state index in [1.54, 1.807) is 0 Å². The van der Waals surface area contributed by atoms with Crippen LogP contribution in [0.3, 0.4) is 0 Å². The molecule has 0 saturated heterocycles. The minimum atomic E-state index is 0.551. The molecule has 0 radical (unpaired) electrons. The van der Waals surface area contributed by atoms with Gasteiger partial charge in [-0.05, 0) is 24.3 Å². The summed E-state index contributed by atoms with van der Waals surface area (Å²) in [6.45, 7) is 6.79. The number of fused-ring (bicyclic) bond motifs is 5. The molecule has 2 heterocycles. The fraction of sp³-hybridized carbons (Fsp3) is 0.214. The van der Waals surface area contributed by atoms with Crippen LogP contribution in [0.1, 0.15) is 25.0 Å². The Labute approximate surface area is 189 Å². The van der Waals surface area contributed by atoms with Crippen LogP contribution in [0.25, 0.3) is 10.8 Å². The predicted octanol–water partition coefficient (Wildman–Crippen LogP) is 6.58. The van der Waals surface area contributed by atoms with Crippen molar-refractivity contribution in [1.82, 2.24) is 0 Å². The molecule has 32 heavy (non-hydrogen) atoms. The molecule has 162 valence electrons. The molecule has 0 N–H and O–H groups in total. The van der Waals surface area contributed by atoms with Gasteiger partial charge in [-0.1, -0.05) is 74.5 Å². The summed E-state index contributed by atoms with van der Waals surface area (Å²) in [6.07, 6.45) is 0. The van der Waals surface area contributed by atoms with E-state index in [-0.39, 0.29) is 0 Å². The summed E-state index contributed by atoms with van der Waals surface area (Å²) in [7, 11) is 0. The van der Waals surface area contributed by atoms with Gasteiger partial charge in [-0.3, -0.25) is 0 Å². The van der Waals surface area contributed by atoms with Crippen LogP contribution < -0.4 is 19.3 Å². The summed E-state index contributed by atoms with van der Waals surface area (Å²) >= 11 is 0. The highest BCUT2D eigenvalue weighted by Gasteiger charge is 2.24. The highest BCUT2D eigenvalue weighted by atomic mass is 16.5. The van der Waals surface area contributed by atoms with Crippen LogP contribution in [0, 0.1) is 0 Å². The zero-order chi connectivity index (χ0) is 21.9. The summed E-state index contributed by atoms with van der Waals surface area (Å²) in [4.78, 5) is 4.50. The highest BCUT2D eigenvalue weighted by molar-refractivity contribution is 5.95. The lowest BCUT2D eigenvalue weighted by Gasteiger charge is -2.33. The van der Waals surface area contributed by atoms with Crippen molar-refractivity contribution in [2.24, 2.45) is 0 Å². The minimum absolute atomic E-state index is 0.551. The third-order valence-electron chi connectivity index (χ3n) is 5.96. The number of rotatable bonds is 2. The second-order valence-corrected chi connectivity index (χ2v) is 7.82. The van der Waals surface area contributed by atoms with Crippen molar-refractivity contribution in [3.63, 3.8) is 0 Å². The summed E-state index contributed by atoms with van der Waals surface area (Å²) in [5.41, 5.74) is 4.77. The smallest absolute Gasteiger partial charge is 0.161 e. The van der Waals surface area contributed by atoms with Gasteiger partial charge in [0.25, 0.3) is 0 Å². The van der Waals surface area contributed by atoms with Crippen LogP contribution in [0.4, 0.5) is 11.4 Å². The van der Waals surface area contributed by atoms with Crippen LogP contribution in [0.15, 0.2) is 84.9 Å². The standard InChI is InChI=1S/C26H22N2O2.C2H6/c1-3-7-21(8-4-1)27-15-19-11-13-24-23(25(19)29-17-27)14-12-20-16-28(18-30-26(20)24)22-9-5-2-6-10-22;1-2/h1-14H,15-18H2;1-2H3. The van der Waals surface area contributed by atoms with E-state index in [0.29, 0.717) is 13.5 Å². The fourth-order valence-electron chi connectivity index (χ4n) is 4.43. The molecule has 0 atom stereocenters. The molecule has 0 aromatic heterocycles. The molecule has 0 unspecified atom stereocenters. The normalized spacial score (nSPS) is 14.4. The number of para-hydroxylation sites is 2. The molecule has 0 saturated carbocycles. The molecule has 4 aromatic rings. The number of anilines is 2. The van der Waals surface area contributed by atoms with Crippen molar-refractivity contribution in [2.45, 2.75) is 26.9 Å². The lowest BCUT2D eigenvalue weighted by Crippen LogP contribution is -2.32. The van der Waals surface area contributed by atoms with Gasteiger partial charge in [0.15, 0.2) is 13.5 Å². The third kappa shape index (κ3) is 3.62. The Morgan fingerprint density at radius 2 is 0.938 bits per heavy atom. The number of benzene rings is 4. The summed E-state index contributed by atoms with van der Waals surface area (Å²) in [5, 5.41) is 2.26. The lowest BCUT2D eigenvalue weighted by atomic mass is 9.99. The molecular formula is C28H28N2O2. The van der Waals surface area contributed by atoms with E-state index in [4.69, 9.17) is 9.47 Å². The second-order valence-electron chi connectivity index (χ2n) is 7.82. The quantitative estimate of drug-likeness (QED) is 0.363. The van der Waals surface area contributed by atoms with Crippen LogP contribution in [-0.4, -0.2) is 13.5 Å². The molecule has 4 nitrogen and oxygen atoms in total. The average molecular weight is 425 g/mol. The highest BCUT2D eigenvalue weighted by Crippen LogP contribution is 2.41. The van der Waals surface area contributed by atoms with Gasteiger partial charge in [0.05, 0.1) is 0 Å². The van der Waals surface area contributed by atoms with Crippen LogP contribution >= 0.6 is 0 Å². The molecule has 0 spiro atoms. The van der Waals surface area contributed by atoms with E-state index in [1.807, 2.05) is 26.0 Å². The van der Waals surface area contributed by atoms with E-state index < -0.39 is 0 Å². The average Bonchev–Trinajstić information content (AvgIpc) is 2.89. The van der Waals surface area contributed by atoms with Gasteiger partial charge in [-0.2, -0.15) is 0 Å². The first kappa shape index (κ1) is 20.3. The number of hydrogen-bond donors (Lipinski definition) is 0. The largest absolute Gasteiger partial charge is 0.472 e. The molecule has 6 rings (SSSR count). The maximum atomic E-state index is 6.25. The van der Waals surface area contributed by atoms with Gasteiger partial charge in [-0.15, -0.1) is 0 Å². The summed E-state index contributed by atoms with van der Waals surface area (Å²) in [5.74, 6) is 1.97. The second kappa shape index (κ2) is 8.83. The monoisotopic (exact) mass is 424 g/mol. The maximum absolute atomic E-state index is 6.25. The maximum Gasteiger partial charge on any atom is 0.161 e. The van der Waals surface area contributed by atoms with E-state index in [2.05, 4.69) is 82.6 Å². The zero-order valence-corrected chi connectivity index (χ0v) is 18.6. The molecule has 4 aromatic carbocycles. The Morgan fingerprint density at radius 1 is 0.531 bits per heavy atom. The van der Waals surface area contributed by atoms with Crippen LogP contribution in [0.5, 0.6) is 11.5 Å². The van der Waals surface area contributed by atoms with Crippen molar-refractivity contribution in [1.29, 1.82) is 0 Å². The van der Waals surface area contributed by atoms with E-state index in [9.17, 15) is 0 Å². The molecule has 0 aliphatic carbocycles. The van der Waals surface area contributed by atoms with Gasteiger partial charge in [0.2, 0.25) is 0 Å². The van der Waals surface area contributed by atoms with Crippen LogP contribution in [0.2, 0.25) is 0 Å². The Hall–Kier alpha value is -3.66.